The molecule has 2 heterocycles. The molecular weight excluding hydrogens is 353 g/mol. The second kappa shape index (κ2) is 5.64. The number of nitrogens with zero attached hydrogens (tertiary/aromatic N) is 1. The predicted octanol–water partition coefficient (Wildman–Crippen LogP) is 3.25. The normalized spacial score (nSPS) is 11.0. The second-order valence-electron chi connectivity index (χ2n) is 4.63. The first kappa shape index (κ1) is 14.3. The zero-order valence-corrected chi connectivity index (χ0v) is 14.1. The summed E-state index contributed by atoms with van der Waals surface area (Å²) in [6.07, 6.45) is 1.81. The maximum atomic E-state index is 11.4. The van der Waals surface area contributed by atoms with E-state index in [1.807, 2.05) is 38.2 Å². The molecule has 1 aromatic carbocycles. The van der Waals surface area contributed by atoms with Crippen molar-refractivity contribution in [2.75, 3.05) is 0 Å². The molecule has 108 valence electrons. The van der Waals surface area contributed by atoms with Gasteiger partial charge in [0.1, 0.15) is 0 Å². The van der Waals surface area contributed by atoms with Crippen LogP contribution >= 0.6 is 11.3 Å². The molecule has 0 atom stereocenters. The Bertz CT molecular complexity index is 822. The van der Waals surface area contributed by atoms with Gasteiger partial charge in [-0.3, -0.25) is 0 Å². The van der Waals surface area contributed by atoms with Crippen LogP contribution in [0.25, 0.3) is 9.65 Å². The third kappa shape index (κ3) is 2.88. The number of carboxylic acid groups (broad SMARTS) is 1. The summed E-state index contributed by atoms with van der Waals surface area (Å²) >= 11 is 1.71. The fourth-order valence-corrected chi connectivity index (χ4v) is 5.06. The summed E-state index contributed by atoms with van der Waals surface area (Å²) in [5.74, 6) is -0.160. The van der Waals surface area contributed by atoms with Crippen molar-refractivity contribution in [3.05, 3.63) is 44.3 Å². The van der Waals surface area contributed by atoms with Gasteiger partial charge in [-0.2, -0.15) is 0 Å². The van der Waals surface area contributed by atoms with E-state index in [9.17, 15) is 9.90 Å². The molecule has 2 aromatic heterocycles. The number of fused-ring (bicyclic) bond motifs is 1. The van der Waals surface area contributed by atoms with Crippen LogP contribution in [0.2, 0.25) is 0 Å². The average molecular weight is 366 g/mol. The van der Waals surface area contributed by atoms with Gasteiger partial charge in [-0.25, -0.2) is 0 Å². The van der Waals surface area contributed by atoms with Crippen LogP contribution in [0.3, 0.4) is 0 Å². The number of aromatic carboxylic acids is 1. The number of thiazole rings is 1. The zero-order chi connectivity index (χ0) is 15.0. The Balaban J connectivity index is 1.89. The van der Waals surface area contributed by atoms with E-state index in [0.29, 0.717) is 17.9 Å². The number of carbonyl (C=O) groups is 1. The fraction of sp³-hybridized carbons (Fsp3) is 0.200. The van der Waals surface area contributed by atoms with Crippen LogP contribution in [0.1, 0.15) is 24.7 Å². The van der Waals surface area contributed by atoms with Crippen LogP contribution in [-0.2, 0) is 6.61 Å². The molecule has 0 unspecified atom stereocenters. The Hall–Kier alpha value is -1.62. The van der Waals surface area contributed by atoms with Crippen molar-refractivity contribution in [1.29, 1.82) is 0 Å². The Morgan fingerprint density at radius 1 is 1.43 bits per heavy atom. The molecule has 0 spiro atoms. The van der Waals surface area contributed by atoms with Gasteiger partial charge in [-0.05, 0) is 0 Å². The van der Waals surface area contributed by atoms with Gasteiger partial charge < -0.3 is 0 Å². The first-order valence-corrected chi connectivity index (χ1v) is 8.88. The molecule has 0 saturated carbocycles. The van der Waals surface area contributed by atoms with Crippen molar-refractivity contribution >= 4 is 41.5 Å². The van der Waals surface area contributed by atoms with Crippen LogP contribution in [0.4, 0.5) is 0 Å². The average Bonchev–Trinajstić information content (AvgIpc) is 2.98. The number of aryl methyl sites for hydroxylation is 2. The van der Waals surface area contributed by atoms with Crippen LogP contribution in [-0.4, -0.2) is 30.6 Å². The fourth-order valence-electron chi connectivity index (χ4n) is 2.18. The zero-order valence-electron chi connectivity index (χ0n) is 11.5. The van der Waals surface area contributed by atoms with Gasteiger partial charge in [-0.1, -0.05) is 0 Å². The van der Waals surface area contributed by atoms with E-state index < -0.39 is 5.97 Å². The minimum atomic E-state index is -0.858. The molecule has 0 fully saturated rings. The van der Waals surface area contributed by atoms with E-state index >= 15 is 0 Å². The van der Waals surface area contributed by atoms with Gasteiger partial charge in [0.05, 0.1) is 0 Å². The topological polar surface area (TPSA) is 59.4 Å². The predicted molar refractivity (Wildman–Crippen MR) is 83.8 cm³/mol. The Kier molecular flexibility index (Phi) is 3.85. The van der Waals surface area contributed by atoms with E-state index in [4.69, 9.17) is 4.74 Å². The molecule has 3 aromatic rings. The number of hydrogen-bond donors (Lipinski definition) is 1. The quantitative estimate of drug-likeness (QED) is 0.720. The molecule has 0 bridgehead atoms. The van der Waals surface area contributed by atoms with Crippen molar-refractivity contribution in [3.8, 4) is 5.75 Å². The molecule has 0 radical (unpaired) electrons. The van der Waals surface area contributed by atoms with Gasteiger partial charge in [0.2, 0.25) is 0 Å². The van der Waals surface area contributed by atoms with Crippen molar-refractivity contribution in [2.45, 2.75) is 20.5 Å². The monoisotopic (exact) mass is 367 g/mol. The number of rotatable bonds is 4. The number of hydrogen-bond acceptors (Lipinski definition) is 4. The van der Waals surface area contributed by atoms with Gasteiger partial charge in [-0.15, -0.1) is 0 Å². The second-order valence-corrected chi connectivity index (χ2v) is 8.59. The van der Waals surface area contributed by atoms with Crippen LogP contribution in [0.15, 0.2) is 24.4 Å². The van der Waals surface area contributed by atoms with Crippen molar-refractivity contribution in [1.82, 2.24) is 4.98 Å². The van der Waals surface area contributed by atoms with E-state index in [-0.39, 0.29) is 14.5 Å². The van der Waals surface area contributed by atoms with Crippen molar-refractivity contribution in [3.63, 3.8) is 0 Å². The van der Waals surface area contributed by atoms with E-state index in [1.165, 1.54) is 0 Å². The third-order valence-corrected chi connectivity index (χ3v) is 6.26. The molecule has 0 aliphatic rings. The molecule has 3 rings (SSSR count). The number of ether oxygens (including phenoxy) is 1. The molecule has 0 aliphatic heterocycles. The molecule has 0 amide bonds. The van der Waals surface area contributed by atoms with Crippen LogP contribution < -0.4 is 4.74 Å². The summed E-state index contributed by atoms with van der Waals surface area (Å²) in [5.41, 5.74) is 0.434. The number of aromatic nitrogens is 1. The first-order valence-electron chi connectivity index (χ1n) is 6.35. The van der Waals surface area contributed by atoms with Gasteiger partial charge in [0, 0.05) is 0 Å². The minimum absolute atomic E-state index is 0.108. The van der Waals surface area contributed by atoms with Crippen molar-refractivity contribution in [2.24, 2.45) is 0 Å². The Labute approximate surface area is 131 Å². The summed E-state index contributed by atoms with van der Waals surface area (Å²) in [4.78, 5) is 16.6. The molecule has 4 nitrogen and oxygen atoms in total. The summed E-state index contributed by atoms with van der Waals surface area (Å²) < 4.78 is 7.82. The molecule has 0 aliphatic carbocycles. The summed E-state index contributed by atoms with van der Waals surface area (Å²) in [7, 11) is 0. The van der Waals surface area contributed by atoms with Gasteiger partial charge in [0.15, 0.2) is 0 Å². The van der Waals surface area contributed by atoms with E-state index in [2.05, 4.69) is 4.98 Å². The van der Waals surface area contributed by atoms with Gasteiger partial charge >= 0.3 is 132 Å². The molecule has 21 heavy (non-hydrogen) atoms. The van der Waals surface area contributed by atoms with E-state index in [1.54, 1.807) is 11.3 Å². The maximum absolute atomic E-state index is 11.4. The summed E-state index contributed by atoms with van der Waals surface area (Å²) in [5, 5.41) is 11.2. The SMILES string of the molecule is Cc1ncc(COc2ccc3[se]c(C)c(C(=O)O)c3c2)s1. The Morgan fingerprint density at radius 2 is 2.24 bits per heavy atom. The molecule has 6 heteroatoms. The van der Waals surface area contributed by atoms with Crippen LogP contribution in [0.5, 0.6) is 5.75 Å². The first-order chi connectivity index (χ1) is 10.0. The van der Waals surface area contributed by atoms with E-state index in [0.717, 1.165) is 24.0 Å². The standard InChI is InChI=1S/C15H13NO3SSe/c1-8-14(15(17)18)12-5-10(3-4-13(12)21-8)19-7-11-6-16-9(2)20-11/h3-6H,7H2,1-2H3,(H,17,18). The van der Waals surface area contributed by atoms with Gasteiger partial charge in [0.25, 0.3) is 0 Å². The van der Waals surface area contributed by atoms with Crippen LogP contribution in [0, 0.1) is 13.8 Å². The summed E-state index contributed by atoms with van der Waals surface area (Å²) in [6, 6.07) is 5.72. The summed E-state index contributed by atoms with van der Waals surface area (Å²) in [6.45, 7) is 4.31. The van der Waals surface area contributed by atoms with Crippen molar-refractivity contribution < 1.29 is 14.6 Å². The molecule has 1 N–H and O–H groups in total. The molecular formula is C15H13NO3SSe. The number of carboxylic acids is 1. The number of benzene rings is 1. The molecule has 0 saturated heterocycles. The Morgan fingerprint density at radius 3 is 2.90 bits per heavy atom. The third-order valence-electron chi connectivity index (χ3n) is 3.10.